The summed E-state index contributed by atoms with van der Waals surface area (Å²) in [5.41, 5.74) is 2.51. The third-order valence-corrected chi connectivity index (χ3v) is 3.85. The summed E-state index contributed by atoms with van der Waals surface area (Å²) in [6.45, 7) is 7.33. The molecule has 0 atom stereocenters. The highest BCUT2D eigenvalue weighted by Gasteiger charge is 2.10. The highest BCUT2D eigenvalue weighted by Crippen LogP contribution is 2.27. The molecule has 2 N–H and O–H groups in total. The second-order valence-electron chi connectivity index (χ2n) is 5.83. The highest BCUT2D eigenvalue weighted by molar-refractivity contribution is 7.98. The fourth-order valence-electron chi connectivity index (χ4n) is 1.83. The number of aromatic amines is 1. The fourth-order valence-corrected chi connectivity index (χ4v) is 2.59. The van der Waals surface area contributed by atoms with Crippen molar-refractivity contribution in [3.05, 3.63) is 35.7 Å². The van der Waals surface area contributed by atoms with E-state index in [2.05, 4.69) is 53.4 Å². The molecule has 0 aliphatic rings. The summed E-state index contributed by atoms with van der Waals surface area (Å²) >= 11 is 1.61. The third-order valence-electron chi connectivity index (χ3n) is 2.92. The molecule has 2 aromatic rings. The van der Waals surface area contributed by atoms with Crippen LogP contribution in [-0.2, 0) is 12.3 Å². The zero-order valence-corrected chi connectivity index (χ0v) is 13.8. The lowest BCUT2D eigenvalue weighted by molar-refractivity contribution is 0.409. The van der Waals surface area contributed by atoms with E-state index in [1.165, 1.54) is 11.9 Å². The summed E-state index contributed by atoms with van der Waals surface area (Å²) in [5.74, 6) is 1.70. The lowest BCUT2D eigenvalue weighted by atomic mass is 10.1. The molecule has 114 valence electrons. The first kappa shape index (κ1) is 15.9. The molecule has 0 amide bonds. The molecule has 5 nitrogen and oxygen atoms in total. The van der Waals surface area contributed by atoms with Crippen molar-refractivity contribution in [1.82, 2.24) is 20.5 Å². The van der Waals surface area contributed by atoms with Gasteiger partial charge in [0.05, 0.1) is 7.11 Å². The Kier molecular flexibility index (Phi) is 5.25. The maximum Gasteiger partial charge on any atom is 0.183 e. The van der Waals surface area contributed by atoms with Gasteiger partial charge in [-0.05, 0) is 38.5 Å². The van der Waals surface area contributed by atoms with Crippen LogP contribution in [0.4, 0.5) is 0 Å². The van der Waals surface area contributed by atoms with Crippen molar-refractivity contribution in [2.75, 3.05) is 7.11 Å². The van der Waals surface area contributed by atoms with Crippen molar-refractivity contribution in [2.24, 2.45) is 0 Å². The highest BCUT2D eigenvalue weighted by atomic mass is 32.2. The Morgan fingerprint density at radius 2 is 2.14 bits per heavy atom. The van der Waals surface area contributed by atoms with Gasteiger partial charge in [-0.3, -0.25) is 5.10 Å². The Balaban J connectivity index is 2.06. The minimum Gasteiger partial charge on any atom is -0.496 e. The van der Waals surface area contributed by atoms with Gasteiger partial charge in [0.2, 0.25) is 0 Å². The number of hydrogen-bond donors (Lipinski definition) is 2. The van der Waals surface area contributed by atoms with Crippen molar-refractivity contribution >= 4 is 11.8 Å². The first-order valence-electron chi connectivity index (χ1n) is 6.87. The largest absolute Gasteiger partial charge is 0.496 e. The van der Waals surface area contributed by atoms with Crippen LogP contribution in [0, 0.1) is 0 Å². The number of ether oxygens (including phenoxy) is 1. The Morgan fingerprint density at radius 1 is 1.33 bits per heavy atom. The van der Waals surface area contributed by atoms with Crippen LogP contribution < -0.4 is 10.1 Å². The first-order valence-corrected chi connectivity index (χ1v) is 7.85. The molecule has 0 aliphatic carbocycles. The SMILES string of the molecule is COc1ccc(CNC(C)(C)C)cc1CSc1ncn[nH]1. The minimum atomic E-state index is 0.106. The molecule has 1 aromatic heterocycles. The van der Waals surface area contributed by atoms with E-state index < -0.39 is 0 Å². The van der Waals surface area contributed by atoms with E-state index >= 15 is 0 Å². The quantitative estimate of drug-likeness (QED) is 0.803. The van der Waals surface area contributed by atoms with E-state index in [9.17, 15) is 0 Å². The van der Waals surface area contributed by atoms with E-state index in [-0.39, 0.29) is 5.54 Å². The molecule has 0 saturated carbocycles. The maximum atomic E-state index is 5.44. The molecule has 0 unspecified atom stereocenters. The van der Waals surface area contributed by atoms with Crippen molar-refractivity contribution < 1.29 is 4.74 Å². The monoisotopic (exact) mass is 306 g/mol. The van der Waals surface area contributed by atoms with Crippen molar-refractivity contribution in [3.8, 4) is 5.75 Å². The summed E-state index contributed by atoms with van der Waals surface area (Å²) in [6.07, 6.45) is 1.52. The molecule has 0 spiro atoms. The number of nitrogens with zero attached hydrogens (tertiary/aromatic N) is 2. The van der Waals surface area contributed by atoms with Crippen LogP contribution in [0.15, 0.2) is 29.7 Å². The van der Waals surface area contributed by atoms with Crippen LogP contribution in [0.3, 0.4) is 0 Å². The molecule has 2 rings (SSSR count). The first-order chi connectivity index (χ1) is 9.98. The Hall–Kier alpha value is -1.53. The number of methoxy groups -OCH3 is 1. The molecule has 1 heterocycles. The van der Waals surface area contributed by atoms with E-state index in [1.54, 1.807) is 18.9 Å². The predicted molar refractivity (Wildman–Crippen MR) is 85.5 cm³/mol. The van der Waals surface area contributed by atoms with E-state index in [1.807, 2.05) is 6.07 Å². The molecule has 0 aliphatic heterocycles. The number of hydrogen-bond acceptors (Lipinski definition) is 5. The fraction of sp³-hybridized carbons (Fsp3) is 0.467. The van der Waals surface area contributed by atoms with Gasteiger partial charge in [-0.25, -0.2) is 4.98 Å². The summed E-state index contributed by atoms with van der Waals surface area (Å²) in [4.78, 5) is 4.12. The molecule has 0 radical (unpaired) electrons. The van der Waals surface area contributed by atoms with Gasteiger partial charge >= 0.3 is 0 Å². The Bertz CT molecular complexity index is 564. The number of nitrogens with one attached hydrogen (secondary N) is 2. The number of thioether (sulfide) groups is 1. The smallest absolute Gasteiger partial charge is 0.183 e. The number of aromatic nitrogens is 3. The van der Waals surface area contributed by atoms with Gasteiger partial charge < -0.3 is 10.1 Å². The molecular weight excluding hydrogens is 284 g/mol. The van der Waals surface area contributed by atoms with Crippen LogP contribution >= 0.6 is 11.8 Å². The number of benzene rings is 1. The molecular formula is C15H22N4OS. The van der Waals surface area contributed by atoms with Crippen LogP contribution in [0.25, 0.3) is 0 Å². The summed E-state index contributed by atoms with van der Waals surface area (Å²) in [7, 11) is 1.70. The summed E-state index contributed by atoms with van der Waals surface area (Å²) in [6, 6.07) is 6.30. The van der Waals surface area contributed by atoms with Crippen molar-refractivity contribution in [3.63, 3.8) is 0 Å². The Labute approximate surface area is 129 Å². The molecule has 6 heteroatoms. The van der Waals surface area contributed by atoms with Crippen LogP contribution in [0.1, 0.15) is 31.9 Å². The van der Waals surface area contributed by atoms with Gasteiger partial charge in [0.25, 0.3) is 0 Å². The zero-order valence-electron chi connectivity index (χ0n) is 12.9. The number of rotatable bonds is 6. The normalized spacial score (nSPS) is 11.6. The maximum absolute atomic E-state index is 5.44. The van der Waals surface area contributed by atoms with E-state index in [0.29, 0.717) is 0 Å². The molecule has 0 bridgehead atoms. The lowest BCUT2D eigenvalue weighted by Gasteiger charge is -2.21. The molecule has 0 fully saturated rings. The molecule has 0 saturated heterocycles. The average molecular weight is 306 g/mol. The van der Waals surface area contributed by atoms with E-state index in [4.69, 9.17) is 4.74 Å². The van der Waals surface area contributed by atoms with Crippen LogP contribution in [0.2, 0.25) is 0 Å². The minimum absolute atomic E-state index is 0.106. The molecule has 1 aromatic carbocycles. The number of H-pyrrole nitrogens is 1. The van der Waals surface area contributed by atoms with Crippen LogP contribution in [-0.4, -0.2) is 27.8 Å². The van der Waals surface area contributed by atoms with Gasteiger partial charge in [-0.15, -0.1) is 0 Å². The lowest BCUT2D eigenvalue weighted by Crippen LogP contribution is -2.35. The van der Waals surface area contributed by atoms with Gasteiger partial charge in [-0.1, -0.05) is 17.8 Å². The van der Waals surface area contributed by atoms with Gasteiger partial charge in [0.1, 0.15) is 12.1 Å². The van der Waals surface area contributed by atoms with Crippen molar-refractivity contribution in [1.29, 1.82) is 0 Å². The second kappa shape index (κ2) is 6.95. The van der Waals surface area contributed by atoms with Crippen molar-refractivity contribution in [2.45, 2.75) is 43.8 Å². The van der Waals surface area contributed by atoms with E-state index in [0.717, 1.165) is 28.8 Å². The van der Waals surface area contributed by atoms with Crippen LogP contribution in [0.5, 0.6) is 5.75 Å². The third kappa shape index (κ3) is 5.06. The average Bonchev–Trinajstić information content (AvgIpc) is 2.95. The second-order valence-corrected chi connectivity index (χ2v) is 6.79. The Morgan fingerprint density at radius 3 is 2.76 bits per heavy atom. The van der Waals surface area contributed by atoms with Gasteiger partial charge in [-0.2, -0.15) is 5.10 Å². The predicted octanol–water partition coefficient (Wildman–Crippen LogP) is 2.99. The summed E-state index contributed by atoms with van der Waals surface area (Å²) < 4.78 is 5.44. The van der Waals surface area contributed by atoms with Gasteiger partial charge in [0.15, 0.2) is 5.16 Å². The zero-order chi connectivity index (χ0) is 15.3. The van der Waals surface area contributed by atoms with Gasteiger partial charge in [0, 0.05) is 23.4 Å². The topological polar surface area (TPSA) is 62.8 Å². The summed E-state index contributed by atoms with van der Waals surface area (Å²) in [5, 5.41) is 11.0. The molecule has 21 heavy (non-hydrogen) atoms. The standard InChI is InChI=1S/C15H22N4OS/c1-15(2,3)17-8-11-5-6-13(20-4)12(7-11)9-21-14-16-10-18-19-14/h5-7,10,17H,8-9H2,1-4H3,(H,16,18,19).